The number of benzene rings is 1. The SMILES string of the molecule is CCCOc1cccc(C=CC(C)=O)c1. The van der Waals surface area contributed by atoms with Crippen LogP contribution in [0.3, 0.4) is 0 Å². The van der Waals surface area contributed by atoms with Crippen molar-refractivity contribution in [3.8, 4) is 5.75 Å². The van der Waals surface area contributed by atoms with E-state index < -0.39 is 0 Å². The average Bonchev–Trinajstić information content (AvgIpc) is 2.24. The molecule has 2 heteroatoms. The summed E-state index contributed by atoms with van der Waals surface area (Å²) in [4.78, 5) is 10.8. The van der Waals surface area contributed by atoms with Gasteiger partial charge in [0.2, 0.25) is 0 Å². The van der Waals surface area contributed by atoms with E-state index in [0.717, 1.165) is 24.3 Å². The Hall–Kier alpha value is -1.57. The van der Waals surface area contributed by atoms with Crippen molar-refractivity contribution in [2.75, 3.05) is 6.61 Å². The van der Waals surface area contributed by atoms with E-state index >= 15 is 0 Å². The summed E-state index contributed by atoms with van der Waals surface area (Å²) in [6, 6.07) is 7.71. The number of hydrogen-bond donors (Lipinski definition) is 0. The molecular weight excluding hydrogens is 188 g/mol. The van der Waals surface area contributed by atoms with E-state index in [4.69, 9.17) is 4.74 Å². The summed E-state index contributed by atoms with van der Waals surface area (Å²) >= 11 is 0. The molecule has 0 bridgehead atoms. The quantitative estimate of drug-likeness (QED) is 0.689. The second-order valence-corrected chi connectivity index (χ2v) is 3.36. The summed E-state index contributed by atoms with van der Waals surface area (Å²) in [5.74, 6) is 0.900. The summed E-state index contributed by atoms with van der Waals surface area (Å²) in [7, 11) is 0. The molecule has 2 nitrogen and oxygen atoms in total. The van der Waals surface area contributed by atoms with Gasteiger partial charge in [-0.25, -0.2) is 0 Å². The predicted molar refractivity (Wildman–Crippen MR) is 61.9 cm³/mol. The lowest BCUT2D eigenvalue weighted by molar-refractivity contribution is -0.112. The minimum absolute atomic E-state index is 0.0508. The second kappa shape index (κ2) is 6.02. The molecule has 0 aromatic heterocycles. The number of rotatable bonds is 5. The van der Waals surface area contributed by atoms with Crippen LogP contribution in [0.5, 0.6) is 5.75 Å². The van der Waals surface area contributed by atoms with Crippen LogP contribution in [0.1, 0.15) is 25.8 Å². The Morgan fingerprint density at radius 1 is 1.47 bits per heavy atom. The number of ketones is 1. The summed E-state index contributed by atoms with van der Waals surface area (Å²) in [6.07, 6.45) is 4.34. The van der Waals surface area contributed by atoms with Gasteiger partial charge in [0.05, 0.1) is 6.61 Å². The molecule has 0 unspecified atom stereocenters. The molecule has 0 aliphatic carbocycles. The monoisotopic (exact) mass is 204 g/mol. The maximum Gasteiger partial charge on any atom is 0.152 e. The highest BCUT2D eigenvalue weighted by atomic mass is 16.5. The van der Waals surface area contributed by atoms with Crippen LogP contribution in [0.15, 0.2) is 30.3 Å². The van der Waals surface area contributed by atoms with Gasteiger partial charge in [-0.1, -0.05) is 25.1 Å². The first kappa shape index (κ1) is 11.5. The van der Waals surface area contributed by atoms with Crippen molar-refractivity contribution in [2.45, 2.75) is 20.3 Å². The molecule has 0 aliphatic rings. The lowest BCUT2D eigenvalue weighted by Gasteiger charge is -2.04. The molecule has 0 aliphatic heterocycles. The Balaban J connectivity index is 2.69. The van der Waals surface area contributed by atoms with Crippen molar-refractivity contribution in [1.29, 1.82) is 0 Å². The van der Waals surface area contributed by atoms with Crippen LogP contribution in [0.4, 0.5) is 0 Å². The van der Waals surface area contributed by atoms with Gasteiger partial charge < -0.3 is 4.74 Å². The van der Waals surface area contributed by atoms with Crippen LogP contribution in [-0.2, 0) is 4.79 Å². The van der Waals surface area contributed by atoms with E-state index in [0.29, 0.717) is 0 Å². The third-order valence-electron chi connectivity index (χ3n) is 1.84. The Morgan fingerprint density at radius 2 is 2.27 bits per heavy atom. The van der Waals surface area contributed by atoms with Gasteiger partial charge >= 0.3 is 0 Å². The molecule has 0 spiro atoms. The predicted octanol–water partition coefficient (Wildman–Crippen LogP) is 3.08. The van der Waals surface area contributed by atoms with Gasteiger partial charge in [-0.2, -0.15) is 0 Å². The molecule has 0 N–H and O–H groups in total. The highest BCUT2D eigenvalue weighted by Crippen LogP contribution is 2.14. The van der Waals surface area contributed by atoms with Crippen molar-refractivity contribution in [3.63, 3.8) is 0 Å². The molecule has 0 atom stereocenters. The number of carbonyl (C=O) groups is 1. The number of hydrogen-bond acceptors (Lipinski definition) is 2. The maximum absolute atomic E-state index is 10.8. The third-order valence-corrected chi connectivity index (χ3v) is 1.84. The largest absolute Gasteiger partial charge is 0.494 e. The summed E-state index contributed by atoms with van der Waals surface area (Å²) in [5, 5.41) is 0. The van der Waals surface area contributed by atoms with Crippen LogP contribution in [0.2, 0.25) is 0 Å². The number of carbonyl (C=O) groups excluding carboxylic acids is 1. The van der Waals surface area contributed by atoms with Crippen LogP contribution < -0.4 is 4.74 Å². The summed E-state index contributed by atoms with van der Waals surface area (Å²) in [5.41, 5.74) is 0.985. The molecule has 0 amide bonds. The zero-order valence-electron chi connectivity index (χ0n) is 9.19. The van der Waals surface area contributed by atoms with E-state index in [1.54, 1.807) is 12.2 Å². The molecule has 1 aromatic carbocycles. The Labute approximate surface area is 90.6 Å². The minimum Gasteiger partial charge on any atom is -0.494 e. The van der Waals surface area contributed by atoms with E-state index in [2.05, 4.69) is 6.92 Å². The molecular formula is C13H16O2. The van der Waals surface area contributed by atoms with E-state index in [-0.39, 0.29) is 5.78 Å². The van der Waals surface area contributed by atoms with Crippen molar-refractivity contribution >= 4 is 11.9 Å². The van der Waals surface area contributed by atoms with E-state index in [9.17, 15) is 4.79 Å². The fourth-order valence-electron chi connectivity index (χ4n) is 1.14. The van der Waals surface area contributed by atoms with E-state index in [1.807, 2.05) is 24.3 Å². The van der Waals surface area contributed by atoms with Gasteiger partial charge in [0.15, 0.2) is 5.78 Å². The van der Waals surface area contributed by atoms with Crippen molar-refractivity contribution < 1.29 is 9.53 Å². The molecule has 0 fully saturated rings. The average molecular weight is 204 g/mol. The minimum atomic E-state index is 0.0508. The van der Waals surface area contributed by atoms with Gasteiger partial charge in [0.25, 0.3) is 0 Å². The molecule has 15 heavy (non-hydrogen) atoms. The molecule has 0 radical (unpaired) electrons. The maximum atomic E-state index is 10.8. The summed E-state index contributed by atoms with van der Waals surface area (Å²) in [6.45, 7) is 4.33. The summed E-state index contributed by atoms with van der Waals surface area (Å²) < 4.78 is 5.48. The molecule has 1 rings (SSSR count). The third kappa shape index (κ3) is 4.45. The van der Waals surface area contributed by atoms with Gasteiger partial charge in [0.1, 0.15) is 5.75 Å². The number of allylic oxidation sites excluding steroid dienone is 1. The van der Waals surface area contributed by atoms with Gasteiger partial charge in [-0.3, -0.25) is 4.79 Å². The first-order valence-electron chi connectivity index (χ1n) is 5.14. The van der Waals surface area contributed by atoms with Crippen molar-refractivity contribution in [3.05, 3.63) is 35.9 Å². The van der Waals surface area contributed by atoms with Gasteiger partial charge in [-0.05, 0) is 37.1 Å². The second-order valence-electron chi connectivity index (χ2n) is 3.36. The fraction of sp³-hybridized carbons (Fsp3) is 0.308. The molecule has 80 valence electrons. The Kier molecular flexibility index (Phi) is 4.61. The smallest absolute Gasteiger partial charge is 0.152 e. The lowest BCUT2D eigenvalue weighted by Crippen LogP contribution is -1.94. The topological polar surface area (TPSA) is 26.3 Å². The molecule has 0 saturated carbocycles. The first-order chi connectivity index (χ1) is 7.22. The highest BCUT2D eigenvalue weighted by molar-refractivity contribution is 5.91. The molecule has 1 aromatic rings. The van der Waals surface area contributed by atoms with Crippen molar-refractivity contribution in [1.82, 2.24) is 0 Å². The Morgan fingerprint density at radius 3 is 2.93 bits per heavy atom. The molecule has 0 heterocycles. The lowest BCUT2D eigenvalue weighted by atomic mass is 10.2. The zero-order chi connectivity index (χ0) is 11.1. The zero-order valence-corrected chi connectivity index (χ0v) is 9.19. The highest BCUT2D eigenvalue weighted by Gasteiger charge is 1.93. The van der Waals surface area contributed by atoms with Gasteiger partial charge in [-0.15, -0.1) is 0 Å². The van der Waals surface area contributed by atoms with E-state index in [1.165, 1.54) is 6.92 Å². The van der Waals surface area contributed by atoms with Crippen LogP contribution in [0.25, 0.3) is 6.08 Å². The fourth-order valence-corrected chi connectivity index (χ4v) is 1.14. The molecule has 0 saturated heterocycles. The standard InChI is InChI=1S/C13H16O2/c1-3-9-15-13-6-4-5-12(10-13)8-7-11(2)14/h4-8,10H,3,9H2,1-2H3. The van der Waals surface area contributed by atoms with Crippen LogP contribution >= 0.6 is 0 Å². The van der Waals surface area contributed by atoms with Gasteiger partial charge in [0, 0.05) is 0 Å². The normalized spacial score (nSPS) is 10.5. The van der Waals surface area contributed by atoms with Crippen molar-refractivity contribution in [2.24, 2.45) is 0 Å². The Bertz CT molecular complexity index is 353. The number of ether oxygens (including phenoxy) is 1. The first-order valence-corrected chi connectivity index (χ1v) is 5.14. The van der Waals surface area contributed by atoms with Crippen LogP contribution in [0, 0.1) is 0 Å². The van der Waals surface area contributed by atoms with Crippen LogP contribution in [-0.4, -0.2) is 12.4 Å².